The van der Waals surface area contributed by atoms with Gasteiger partial charge in [-0.2, -0.15) is 0 Å². The molecule has 0 aliphatic rings. The van der Waals surface area contributed by atoms with Crippen LogP contribution in [0.5, 0.6) is 0 Å². The van der Waals surface area contributed by atoms with E-state index in [-0.39, 0.29) is 18.0 Å². The number of primary amides is 2. The highest BCUT2D eigenvalue weighted by atomic mass is 16.3. The Hall–Kier alpha value is -2.36. The van der Waals surface area contributed by atoms with Crippen LogP contribution in [0, 0.1) is 0 Å². The van der Waals surface area contributed by atoms with Crippen LogP contribution in [-0.2, 0) is 6.61 Å². The van der Waals surface area contributed by atoms with E-state index in [2.05, 4.69) is 0 Å². The number of rotatable bonds is 3. The molecule has 9 N–H and O–H groups in total. The van der Waals surface area contributed by atoms with Gasteiger partial charge in [-0.3, -0.25) is 0 Å². The molecule has 18 heavy (non-hydrogen) atoms. The molecule has 0 spiro atoms. The molecule has 1 rings (SSSR count). The number of aliphatic hydroxyl groups excluding tert-OH is 1. The molecule has 0 aromatic heterocycles. The highest BCUT2D eigenvalue weighted by Crippen LogP contribution is 2.27. The van der Waals surface area contributed by atoms with Crippen LogP contribution in [0.25, 0.3) is 0 Å². The van der Waals surface area contributed by atoms with Crippen LogP contribution < -0.4 is 33.2 Å². The smallest absolute Gasteiger partial charge is 0.333 e. The monoisotopic (exact) mass is 254 g/mol. The number of benzene rings is 1. The number of carbonyl (C=O) groups excluding carboxylic acids is 2. The summed E-state index contributed by atoms with van der Waals surface area (Å²) in [6.07, 6.45) is 0. The Balaban J connectivity index is 3.33. The molecule has 0 unspecified atom stereocenters. The second-order valence-corrected chi connectivity index (χ2v) is 3.40. The first-order valence-corrected chi connectivity index (χ1v) is 4.80. The van der Waals surface area contributed by atoms with E-state index in [9.17, 15) is 9.59 Å². The van der Waals surface area contributed by atoms with Crippen LogP contribution in [0.4, 0.5) is 21.0 Å². The molecule has 4 amide bonds. The number of urea groups is 2. The van der Waals surface area contributed by atoms with Crippen molar-refractivity contribution in [1.29, 1.82) is 0 Å². The SMILES string of the molecule is NC(=O)N(N)c1ccc(CO)cc1N(N)C(N)=O. The lowest BCUT2D eigenvalue weighted by molar-refractivity contribution is 0.252. The summed E-state index contributed by atoms with van der Waals surface area (Å²) in [6.45, 7) is -0.277. The molecule has 0 aliphatic heterocycles. The van der Waals surface area contributed by atoms with Crippen LogP contribution in [-0.4, -0.2) is 17.2 Å². The van der Waals surface area contributed by atoms with Crippen molar-refractivity contribution in [1.82, 2.24) is 0 Å². The largest absolute Gasteiger partial charge is 0.392 e. The third-order valence-corrected chi connectivity index (χ3v) is 2.22. The van der Waals surface area contributed by atoms with Gasteiger partial charge in [0, 0.05) is 0 Å². The predicted octanol–water partition coefficient (Wildman–Crippen LogP) is -1.30. The van der Waals surface area contributed by atoms with Gasteiger partial charge in [0.15, 0.2) is 0 Å². The van der Waals surface area contributed by atoms with Gasteiger partial charge in [-0.05, 0) is 17.7 Å². The van der Waals surface area contributed by atoms with Gasteiger partial charge in [0.25, 0.3) is 0 Å². The van der Waals surface area contributed by atoms with E-state index in [1.165, 1.54) is 18.2 Å². The summed E-state index contributed by atoms with van der Waals surface area (Å²) in [7, 11) is 0. The van der Waals surface area contributed by atoms with Crippen molar-refractivity contribution < 1.29 is 14.7 Å². The van der Waals surface area contributed by atoms with Gasteiger partial charge in [0.05, 0.1) is 18.0 Å². The number of hydrogen-bond acceptors (Lipinski definition) is 5. The standard InChI is InChI=1S/C9H14N6O3/c10-8(17)14(12)6-2-1-5(4-16)3-7(6)15(13)9(11)18/h1-3,16H,4,12-13H2,(H2,10,17)(H2,11,18). The van der Waals surface area contributed by atoms with Crippen molar-refractivity contribution in [2.75, 3.05) is 10.0 Å². The summed E-state index contributed by atoms with van der Waals surface area (Å²) in [4.78, 5) is 22.0. The van der Waals surface area contributed by atoms with E-state index >= 15 is 0 Å². The third kappa shape index (κ3) is 2.66. The van der Waals surface area contributed by atoms with Crippen LogP contribution in [0.15, 0.2) is 18.2 Å². The molecule has 0 saturated heterocycles. The van der Waals surface area contributed by atoms with Gasteiger partial charge in [-0.25, -0.2) is 31.3 Å². The van der Waals surface area contributed by atoms with E-state index in [1.54, 1.807) is 0 Å². The number of amides is 4. The zero-order valence-corrected chi connectivity index (χ0v) is 9.41. The lowest BCUT2D eigenvalue weighted by Gasteiger charge is -2.23. The molecule has 0 atom stereocenters. The summed E-state index contributed by atoms with van der Waals surface area (Å²) < 4.78 is 0. The van der Waals surface area contributed by atoms with Gasteiger partial charge in [0.1, 0.15) is 0 Å². The number of hydrazine groups is 2. The highest BCUT2D eigenvalue weighted by molar-refractivity contribution is 5.99. The van der Waals surface area contributed by atoms with E-state index in [0.29, 0.717) is 15.6 Å². The fraction of sp³-hybridized carbons (Fsp3) is 0.111. The van der Waals surface area contributed by atoms with Crippen molar-refractivity contribution >= 4 is 23.4 Å². The number of aliphatic hydroxyl groups is 1. The Morgan fingerprint density at radius 3 is 2.00 bits per heavy atom. The number of nitrogens with two attached hydrogens (primary N) is 4. The van der Waals surface area contributed by atoms with Gasteiger partial charge < -0.3 is 16.6 Å². The normalized spacial score (nSPS) is 9.94. The number of anilines is 2. The molecule has 0 bridgehead atoms. The molecule has 0 fully saturated rings. The maximum absolute atomic E-state index is 11.0. The van der Waals surface area contributed by atoms with E-state index in [4.69, 9.17) is 28.3 Å². The van der Waals surface area contributed by atoms with Gasteiger partial charge in [0.2, 0.25) is 0 Å². The summed E-state index contributed by atoms with van der Waals surface area (Å²) in [6, 6.07) is 2.35. The summed E-state index contributed by atoms with van der Waals surface area (Å²) >= 11 is 0. The second kappa shape index (κ2) is 5.31. The molecule has 9 nitrogen and oxygen atoms in total. The van der Waals surface area contributed by atoms with Crippen LogP contribution >= 0.6 is 0 Å². The van der Waals surface area contributed by atoms with Crippen LogP contribution in [0.3, 0.4) is 0 Å². The number of nitrogens with zero attached hydrogens (tertiary/aromatic N) is 2. The van der Waals surface area contributed by atoms with E-state index in [0.717, 1.165) is 0 Å². The minimum atomic E-state index is -0.954. The molecule has 98 valence electrons. The van der Waals surface area contributed by atoms with Gasteiger partial charge in [-0.1, -0.05) is 6.07 Å². The zero-order valence-electron chi connectivity index (χ0n) is 9.41. The molecule has 0 saturated carbocycles. The first-order valence-electron chi connectivity index (χ1n) is 4.80. The fourth-order valence-electron chi connectivity index (χ4n) is 1.30. The topological polar surface area (TPSA) is 165 Å². The number of hydrogen-bond donors (Lipinski definition) is 5. The van der Waals surface area contributed by atoms with Crippen molar-refractivity contribution in [2.45, 2.75) is 6.61 Å². The lowest BCUT2D eigenvalue weighted by Crippen LogP contribution is -2.46. The summed E-state index contributed by atoms with van der Waals surface area (Å²) in [5.74, 6) is 10.9. The molecular weight excluding hydrogens is 240 g/mol. The molecule has 1 aromatic rings. The third-order valence-electron chi connectivity index (χ3n) is 2.22. The molecule has 0 radical (unpaired) electrons. The van der Waals surface area contributed by atoms with Crippen molar-refractivity contribution in [2.24, 2.45) is 23.2 Å². The molecule has 1 aromatic carbocycles. The molecule has 9 heteroatoms. The second-order valence-electron chi connectivity index (χ2n) is 3.40. The molecule has 0 aliphatic carbocycles. The summed E-state index contributed by atoms with van der Waals surface area (Å²) in [5.41, 5.74) is 10.6. The Labute approximate surface area is 102 Å². The predicted molar refractivity (Wildman–Crippen MR) is 64.9 cm³/mol. The average Bonchev–Trinajstić information content (AvgIpc) is 2.35. The Morgan fingerprint density at radius 1 is 1.06 bits per heavy atom. The summed E-state index contributed by atoms with van der Waals surface area (Å²) in [5, 5.41) is 10.2. The van der Waals surface area contributed by atoms with Crippen molar-refractivity contribution in [3.63, 3.8) is 0 Å². The Kier molecular flexibility index (Phi) is 4.05. The van der Waals surface area contributed by atoms with Crippen LogP contribution in [0.2, 0.25) is 0 Å². The van der Waals surface area contributed by atoms with Crippen LogP contribution in [0.1, 0.15) is 5.56 Å². The molecular formula is C9H14N6O3. The highest BCUT2D eigenvalue weighted by Gasteiger charge is 2.18. The van der Waals surface area contributed by atoms with Gasteiger partial charge in [-0.15, -0.1) is 0 Å². The van der Waals surface area contributed by atoms with Gasteiger partial charge >= 0.3 is 12.1 Å². The van der Waals surface area contributed by atoms with Crippen molar-refractivity contribution in [3.8, 4) is 0 Å². The lowest BCUT2D eigenvalue weighted by atomic mass is 10.1. The minimum Gasteiger partial charge on any atom is -0.392 e. The first kappa shape index (κ1) is 13.7. The Bertz CT molecular complexity index is 477. The van der Waals surface area contributed by atoms with E-state index in [1.807, 2.05) is 0 Å². The maximum atomic E-state index is 11.0. The average molecular weight is 254 g/mol. The first-order chi connectivity index (χ1) is 8.38. The minimum absolute atomic E-state index is 0.0513. The van der Waals surface area contributed by atoms with Crippen molar-refractivity contribution in [3.05, 3.63) is 23.8 Å². The maximum Gasteiger partial charge on any atom is 0.333 e. The molecule has 0 heterocycles. The zero-order chi connectivity index (χ0) is 13.9. The quantitative estimate of drug-likeness (QED) is 0.256. The number of carbonyl (C=O) groups is 2. The fourth-order valence-corrected chi connectivity index (χ4v) is 1.30. The van der Waals surface area contributed by atoms with E-state index < -0.39 is 12.1 Å². The Morgan fingerprint density at radius 2 is 1.56 bits per heavy atom.